The number of hydrogen-bond donors (Lipinski definition) is 1. The zero-order chi connectivity index (χ0) is 14.9. The molecule has 0 fully saturated rings. The van der Waals surface area contributed by atoms with Gasteiger partial charge in [-0.3, -0.25) is 14.8 Å². The standard InChI is InChI=1S/C12H18N6O2/c1-5-17-7-9(6-13-17)14-12-11(18(19)20)10(8(2)3)15-16(12)4/h6-8,14H,5H2,1-4H3. The minimum atomic E-state index is -0.394. The SMILES string of the molecule is CCn1cc(Nc2c([N+](=O)[O-])c(C(C)C)nn2C)cn1. The van der Waals surface area contributed by atoms with Gasteiger partial charge in [0.2, 0.25) is 5.82 Å². The summed E-state index contributed by atoms with van der Waals surface area (Å²) in [4.78, 5) is 10.9. The van der Waals surface area contributed by atoms with Crippen molar-refractivity contribution in [3.8, 4) is 0 Å². The Morgan fingerprint density at radius 2 is 2.20 bits per heavy atom. The number of aromatic nitrogens is 4. The molecule has 8 nitrogen and oxygen atoms in total. The molecule has 0 atom stereocenters. The van der Waals surface area contributed by atoms with Gasteiger partial charge in [0.1, 0.15) is 5.69 Å². The van der Waals surface area contributed by atoms with Crippen LogP contribution in [0.2, 0.25) is 0 Å². The average Bonchev–Trinajstić information content (AvgIpc) is 2.95. The van der Waals surface area contributed by atoms with E-state index < -0.39 is 4.92 Å². The number of hydrogen-bond acceptors (Lipinski definition) is 5. The van der Waals surface area contributed by atoms with Crippen molar-refractivity contribution < 1.29 is 4.92 Å². The molecule has 108 valence electrons. The zero-order valence-corrected chi connectivity index (χ0v) is 12.0. The number of nitrogens with one attached hydrogen (secondary N) is 1. The van der Waals surface area contributed by atoms with E-state index in [1.807, 2.05) is 20.8 Å². The van der Waals surface area contributed by atoms with Crippen molar-refractivity contribution in [3.63, 3.8) is 0 Å². The van der Waals surface area contributed by atoms with Crippen LogP contribution >= 0.6 is 0 Å². The third-order valence-electron chi connectivity index (χ3n) is 3.00. The van der Waals surface area contributed by atoms with Crippen molar-refractivity contribution in [3.05, 3.63) is 28.2 Å². The van der Waals surface area contributed by atoms with Crippen LogP contribution in [0.15, 0.2) is 12.4 Å². The van der Waals surface area contributed by atoms with Crippen LogP contribution in [0.25, 0.3) is 0 Å². The topological polar surface area (TPSA) is 90.8 Å². The second-order valence-corrected chi connectivity index (χ2v) is 4.83. The first-order valence-electron chi connectivity index (χ1n) is 6.44. The van der Waals surface area contributed by atoms with Crippen molar-refractivity contribution >= 4 is 17.2 Å². The molecule has 0 aromatic carbocycles. The molecule has 0 saturated heterocycles. The monoisotopic (exact) mass is 278 g/mol. The average molecular weight is 278 g/mol. The number of anilines is 2. The predicted octanol–water partition coefficient (Wildman–Crippen LogP) is 2.41. The lowest BCUT2D eigenvalue weighted by Gasteiger charge is -2.03. The molecule has 2 heterocycles. The van der Waals surface area contributed by atoms with E-state index in [-0.39, 0.29) is 11.6 Å². The van der Waals surface area contributed by atoms with Crippen LogP contribution in [0.4, 0.5) is 17.2 Å². The Kier molecular flexibility index (Phi) is 3.73. The largest absolute Gasteiger partial charge is 0.334 e. The van der Waals surface area contributed by atoms with Crippen LogP contribution in [-0.4, -0.2) is 24.5 Å². The first kappa shape index (κ1) is 14.0. The van der Waals surface area contributed by atoms with Crippen molar-refractivity contribution in [1.29, 1.82) is 0 Å². The number of nitrogens with zero attached hydrogens (tertiary/aromatic N) is 5. The summed E-state index contributed by atoms with van der Waals surface area (Å²) in [5.41, 5.74) is 1.20. The Labute approximate surface area is 116 Å². The van der Waals surface area contributed by atoms with Crippen molar-refractivity contribution in [1.82, 2.24) is 19.6 Å². The highest BCUT2D eigenvalue weighted by atomic mass is 16.6. The highest BCUT2D eigenvalue weighted by Crippen LogP contribution is 2.34. The van der Waals surface area contributed by atoms with Gasteiger partial charge in [0.25, 0.3) is 0 Å². The molecule has 0 radical (unpaired) electrons. The van der Waals surface area contributed by atoms with E-state index in [1.165, 1.54) is 4.68 Å². The highest BCUT2D eigenvalue weighted by Gasteiger charge is 2.28. The van der Waals surface area contributed by atoms with Crippen LogP contribution in [0, 0.1) is 10.1 Å². The Bertz CT molecular complexity index is 628. The first-order valence-corrected chi connectivity index (χ1v) is 6.44. The molecule has 0 amide bonds. The van der Waals surface area contributed by atoms with E-state index in [4.69, 9.17) is 0 Å². The van der Waals surface area contributed by atoms with E-state index >= 15 is 0 Å². The summed E-state index contributed by atoms with van der Waals surface area (Å²) >= 11 is 0. The molecular weight excluding hydrogens is 260 g/mol. The van der Waals surface area contributed by atoms with Crippen molar-refractivity contribution in [2.24, 2.45) is 7.05 Å². The summed E-state index contributed by atoms with van der Waals surface area (Å²) in [7, 11) is 1.69. The third kappa shape index (κ3) is 2.49. The molecule has 0 aliphatic heterocycles. The predicted molar refractivity (Wildman–Crippen MR) is 75.1 cm³/mol. The molecule has 0 unspecified atom stereocenters. The third-order valence-corrected chi connectivity index (χ3v) is 3.00. The Balaban J connectivity index is 2.42. The second-order valence-electron chi connectivity index (χ2n) is 4.83. The van der Waals surface area contributed by atoms with Crippen LogP contribution in [0.5, 0.6) is 0 Å². The van der Waals surface area contributed by atoms with Gasteiger partial charge in [-0.2, -0.15) is 10.2 Å². The van der Waals surface area contributed by atoms with Crippen LogP contribution in [0.3, 0.4) is 0 Å². The molecule has 0 aliphatic carbocycles. The number of nitro groups is 1. The Hall–Kier alpha value is -2.38. The van der Waals surface area contributed by atoms with Gasteiger partial charge < -0.3 is 5.32 Å². The maximum atomic E-state index is 11.3. The maximum absolute atomic E-state index is 11.3. The highest BCUT2D eigenvalue weighted by molar-refractivity contribution is 5.67. The maximum Gasteiger partial charge on any atom is 0.334 e. The van der Waals surface area contributed by atoms with Gasteiger partial charge in [0.15, 0.2) is 0 Å². The Morgan fingerprint density at radius 1 is 1.50 bits per heavy atom. The minimum Gasteiger partial charge on any atom is -0.332 e. The summed E-state index contributed by atoms with van der Waals surface area (Å²) in [5.74, 6) is 0.352. The van der Waals surface area contributed by atoms with Gasteiger partial charge in [-0.15, -0.1) is 0 Å². The van der Waals surface area contributed by atoms with Gasteiger partial charge in [-0.05, 0) is 6.92 Å². The quantitative estimate of drug-likeness (QED) is 0.670. The van der Waals surface area contributed by atoms with E-state index in [0.29, 0.717) is 17.2 Å². The Morgan fingerprint density at radius 3 is 2.70 bits per heavy atom. The molecule has 0 saturated carbocycles. The molecule has 0 spiro atoms. The van der Waals surface area contributed by atoms with E-state index in [9.17, 15) is 10.1 Å². The summed E-state index contributed by atoms with van der Waals surface area (Å²) < 4.78 is 3.24. The normalized spacial score (nSPS) is 11.1. The van der Waals surface area contributed by atoms with Crippen molar-refractivity contribution in [2.75, 3.05) is 5.32 Å². The van der Waals surface area contributed by atoms with E-state index in [1.54, 1.807) is 24.1 Å². The molecular formula is C12H18N6O2. The van der Waals surface area contributed by atoms with E-state index in [2.05, 4.69) is 15.5 Å². The van der Waals surface area contributed by atoms with Gasteiger partial charge >= 0.3 is 5.69 Å². The van der Waals surface area contributed by atoms with Crippen LogP contribution in [-0.2, 0) is 13.6 Å². The van der Waals surface area contributed by atoms with Gasteiger partial charge in [-0.25, -0.2) is 4.68 Å². The fraction of sp³-hybridized carbons (Fsp3) is 0.500. The zero-order valence-electron chi connectivity index (χ0n) is 12.0. The smallest absolute Gasteiger partial charge is 0.332 e. The lowest BCUT2D eigenvalue weighted by atomic mass is 10.1. The van der Waals surface area contributed by atoms with Crippen LogP contribution in [0.1, 0.15) is 32.4 Å². The lowest BCUT2D eigenvalue weighted by molar-refractivity contribution is -0.384. The molecule has 0 aliphatic rings. The molecule has 1 N–H and O–H groups in total. The minimum absolute atomic E-state index is 0.0180. The summed E-state index contributed by atoms with van der Waals surface area (Å²) in [5, 5.41) is 22.7. The summed E-state index contributed by atoms with van der Waals surface area (Å²) in [6, 6.07) is 0. The molecule has 8 heteroatoms. The van der Waals surface area contributed by atoms with Gasteiger partial charge in [0.05, 0.1) is 16.8 Å². The molecule has 2 aromatic rings. The number of aryl methyl sites for hydroxylation is 2. The molecule has 2 aromatic heterocycles. The van der Waals surface area contributed by atoms with Gasteiger partial charge in [-0.1, -0.05) is 13.8 Å². The fourth-order valence-corrected chi connectivity index (χ4v) is 1.98. The second kappa shape index (κ2) is 5.32. The summed E-state index contributed by atoms with van der Waals surface area (Å²) in [6.07, 6.45) is 3.43. The summed E-state index contributed by atoms with van der Waals surface area (Å²) in [6.45, 7) is 6.48. The number of rotatable bonds is 5. The van der Waals surface area contributed by atoms with E-state index in [0.717, 1.165) is 6.54 Å². The van der Waals surface area contributed by atoms with Gasteiger partial charge in [0, 0.05) is 25.7 Å². The molecule has 0 bridgehead atoms. The fourth-order valence-electron chi connectivity index (χ4n) is 1.98. The first-order chi connectivity index (χ1) is 9.43. The molecule has 20 heavy (non-hydrogen) atoms. The molecule has 2 rings (SSSR count). The van der Waals surface area contributed by atoms with Crippen LogP contribution < -0.4 is 5.32 Å². The van der Waals surface area contributed by atoms with Crippen molar-refractivity contribution in [2.45, 2.75) is 33.2 Å². The lowest BCUT2D eigenvalue weighted by Crippen LogP contribution is -2.01.